The zero-order chi connectivity index (χ0) is 28.8. The quantitative estimate of drug-likeness (QED) is 0.179. The maximum Gasteiger partial charge on any atom is 0.329 e. The second kappa shape index (κ2) is 16.0. The highest BCUT2D eigenvalue weighted by Crippen LogP contribution is 2.08. The van der Waals surface area contributed by atoms with Gasteiger partial charge in [0.05, 0.1) is 13.2 Å². The van der Waals surface area contributed by atoms with Crippen LogP contribution in [0, 0.1) is 5.92 Å². The molecule has 0 unspecified atom stereocenters. The van der Waals surface area contributed by atoms with E-state index in [4.69, 9.17) is 20.9 Å². The minimum Gasteiger partial charge on any atom is -0.456 e. The van der Waals surface area contributed by atoms with Gasteiger partial charge in [0.2, 0.25) is 17.7 Å². The van der Waals surface area contributed by atoms with Crippen molar-refractivity contribution in [2.75, 3.05) is 13.2 Å². The number of ether oxygens (including phenoxy) is 2. The summed E-state index contributed by atoms with van der Waals surface area (Å²) in [6.45, 7) is 3.01. The molecule has 2 rings (SSSR count). The van der Waals surface area contributed by atoms with E-state index in [1.54, 1.807) is 44.2 Å². The smallest absolute Gasteiger partial charge is 0.329 e. The van der Waals surface area contributed by atoms with E-state index in [0.29, 0.717) is 5.56 Å². The van der Waals surface area contributed by atoms with Gasteiger partial charge in [0, 0.05) is 12.0 Å². The molecule has 3 amide bonds. The summed E-state index contributed by atoms with van der Waals surface area (Å²) in [5.74, 6) is -3.69. The van der Waals surface area contributed by atoms with Gasteiger partial charge in [-0.05, 0) is 17.9 Å². The van der Waals surface area contributed by atoms with Crippen molar-refractivity contribution in [2.45, 2.75) is 51.4 Å². The summed E-state index contributed by atoms with van der Waals surface area (Å²) in [5, 5.41) is 5.05. The minimum atomic E-state index is -1.20. The van der Waals surface area contributed by atoms with Gasteiger partial charge in [0.1, 0.15) is 18.1 Å². The monoisotopic (exact) mass is 540 g/mol. The highest BCUT2D eigenvalue weighted by Gasteiger charge is 2.31. The van der Waals surface area contributed by atoms with Crippen LogP contribution in [0.4, 0.5) is 0 Å². The van der Waals surface area contributed by atoms with E-state index in [2.05, 4.69) is 10.6 Å². The normalized spacial score (nSPS) is 13.1. The maximum atomic E-state index is 13.1. The van der Waals surface area contributed by atoms with Crippen LogP contribution in [-0.2, 0) is 35.3 Å². The van der Waals surface area contributed by atoms with Gasteiger partial charge in [0.25, 0.3) is 0 Å². The van der Waals surface area contributed by atoms with Gasteiger partial charge in [0.15, 0.2) is 12.4 Å². The molecule has 39 heavy (non-hydrogen) atoms. The minimum absolute atomic E-state index is 0.110. The van der Waals surface area contributed by atoms with Crippen molar-refractivity contribution in [3.8, 4) is 0 Å². The Morgan fingerprint density at radius 2 is 1.49 bits per heavy atom. The summed E-state index contributed by atoms with van der Waals surface area (Å²) in [6.07, 6.45) is -0.308. The molecule has 0 aliphatic carbocycles. The average molecular weight is 541 g/mol. The van der Waals surface area contributed by atoms with E-state index < -0.39 is 60.1 Å². The molecule has 11 nitrogen and oxygen atoms in total. The maximum absolute atomic E-state index is 13.1. The third kappa shape index (κ3) is 11.0. The first-order chi connectivity index (χ1) is 18.6. The summed E-state index contributed by atoms with van der Waals surface area (Å²) in [5.41, 5.74) is 12.5. The second-order valence-electron chi connectivity index (χ2n) is 9.30. The summed E-state index contributed by atoms with van der Waals surface area (Å²) in [6, 6.07) is 14.2. The number of nitrogens with two attached hydrogens (primary N) is 2. The Bertz CT molecular complexity index is 1110. The van der Waals surface area contributed by atoms with Crippen LogP contribution in [0.5, 0.6) is 0 Å². The van der Waals surface area contributed by atoms with Crippen LogP contribution in [0.1, 0.15) is 42.6 Å². The zero-order valence-corrected chi connectivity index (χ0v) is 22.1. The van der Waals surface area contributed by atoms with Crippen molar-refractivity contribution in [3.63, 3.8) is 0 Å². The van der Waals surface area contributed by atoms with Crippen LogP contribution in [0.2, 0.25) is 0 Å². The van der Waals surface area contributed by atoms with Crippen molar-refractivity contribution >= 4 is 29.5 Å². The number of amides is 3. The molecule has 11 heteroatoms. The van der Waals surface area contributed by atoms with Gasteiger partial charge >= 0.3 is 5.97 Å². The lowest BCUT2D eigenvalue weighted by Gasteiger charge is -2.25. The predicted molar refractivity (Wildman–Crippen MR) is 143 cm³/mol. The third-order valence-corrected chi connectivity index (χ3v) is 5.72. The van der Waals surface area contributed by atoms with Gasteiger partial charge in [-0.25, -0.2) is 4.79 Å². The summed E-state index contributed by atoms with van der Waals surface area (Å²) >= 11 is 0. The lowest BCUT2D eigenvalue weighted by molar-refractivity contribution is -0.148. The van der Waals surface area contributed by atoms with Crippen LogP contribution >= 0.6 is 0 Å². The number of rotatable bonds is 16. The number of ketones is 1. The van der Waals surface area contributed by atoms with Crippen molar-refractivity contribution in [2.24, 2.45) is 17.4 Å². The Balaban J connectivity index is 1.97. The molecule has 0 aliphatic heterocycles. The number of primary amides is 1. The Kier molecular flexibility index (Phi) is 12.8. The molecule has 2 aromatic rings. The second-order valence-corrected chi connectivity index (χ2v) is 9.30. The molecule has 0 saturated carbocycles. The number of esters is 1. The predicted octanol–water partition coefficient (Wildman–Crippen LogP) is 0.848. The van der Waals surface area contributed by atoms with Crippen LogP contribution in [0.15, 0.2) is 60.7 Å². The molecular weight excluding hydrogens is 504 g/mol. The van der Waals surface area contributed by atoms with Gasteiger partial charge in [-0.2, -0.15) is 0 Å². The molecule has 2 aromatic carbocycles. The molecule has 3 atom stereocenters. The standard InChI is InChI=1S/C28H36N4O7/c1-18(2)25(28(37)39-17-23(33)20-11-7-4-8-12-20)32-27(36)22(13-14-24(30)34)31-26(35)21(29)16-38-15-19-9-5-3-6-10-19/h3-12,18,21-22,25H,13-17,29H2,1-2H3,(H2,30,34)(H,31,35)(H,32,36)/t21-,22-,25-/m0/s1. The molecule has 0 aliphatic rings. The summed E-state index contributed by atoms with van der Waals surface area (Å²) in [7, 11) is 0. The van der Waals surface area contributed by atoms with Gasteiger partial charge in [-0.15, -0.1) is 0 Å². The zero-order valence-electron chi connectivity index (χ0n) is 22.1. The highest BCUT2D eigenvalue weighted by molar-refractivity contribution is 5.98. The molecule has 210 valence electrons. The molecule has 0 bridgehead atoms. The first-order valence-electron chi connectivity index (χ1n) is 12.6. The van der Waals surface area contributed by atoms with Crippen LogP contribution in [-0.4, -0.2) is 60.8 Å². The lowest BCUT2D eigenvalue weighted by Crippen LogP contribution is -2.56. The largest absolute Gasteiger partial charge is 0.456 e. The van der Waals surface area contributed by atoms with E-state index in [0.717, 1.165) is 5.56 Å². The molecule has 0 saturated heterocycles. The lowest BCUT2D eigenvalue weighted by atomic mass is 10.0. The van der Waals surface area contributed by atoms with Gasteiger partial charge in [-0.1, -0.05) is 74.5 Å². The molecule has 0 heterocycles. The first-order valence-corrected chi connectivity index (χ1v) is 12.6. The summed E-state index contributed by atoms with van der Waals surface area (Å²) < 4.78 is 10.7. The fourth-order valence-electron chi connectivity index (χ4n) is 3.47. The number of carbonyl (C=O) groups excluding carboxylic acids is 5. The highest BCUT2D eigenvalue weighted by atomic mass is 16.5. The summed E-state index contributed by atoms with van der Waals surface area (Å²) in [4.78, 5) is 62.1. The molecule has 0 radical (unpaired) electrons. The fourth-order valence-corrected chi connectivity index (χ4v) is 3.47. The van der Waals surface area contributed by atoms with E-state index >= 15 is 0 Å². The third-order valence-electron chi connectivity index (χ3n) is 5.72. The first kappa shape index (κ1) is 31.1. The number of hydrogen-bond donors (Lipinski definition) is 4. The number of carbonyl (C=O) groups is 5. The van der Waals surface area contributed by atoms with Crippen LogP contribution < -0.4 is 22.1 Å². The molecule has 6 N–H and O–H groups in total. The molecule has 0 fully saturated rings. The van der Waals surface area contributed by atoms with Gasteiger partial charge in [-0.3, -0.25) is 19.2 Å². The van der Waals surface area contributed by atoms with E-state index in [1.807, 2.05) is 30.3 Å². The number of hydrogen-bond acceptors (Lipinski definition) is 8. The van der Waals surface area contributed by atoms with Crippen molar-refractivity contribution in [3.05, 3.63) is 71.8 Å². The van der Waals surface area contributed by atoms with Crippen LogP contribution in [0.3, 0.4) is 0 Å². The van der Waals surface area contributed by atoms with Crippen LogP contribution in [0.25, 0.3) is 0 Å². The molecule has 0 aromatic heterocycles. The Labute approximate surface area is 227 Å². The Hall–Kier alpha value is -4.09. The van der Waals surface area contributed by atoms with E-state index in [1.165, 1.54) is 0 Å². The Morgan fingerprint density at radius 3 is 2.08 bits per heavy atom. The molecular formula is C28H36N4O7. The van der Waals surface area contributed by atoms with Gasteiger partial charge < -0.3 is 31.6 Å². The number of benzene rings is 2. The average Bonchev–Trinajstić information content (AvgIpc) is 2.92. The SMILES string of the molecule is CC(C)[C@H](NC(=O)[C@H](CCC(N)=O)NC(=O)[C@@H](N)COCc1ccccc1)C(=O)OCC(=O)c1ccccc1. The Morgan fingerprint density at radius 1 is 0.872 bits per heavy atom. The van der Waals surface area contributed by atoms with Crippen molar-refractivity contribution < 1.29 is 33.4 Å². The topological polar surface area (TPSA) is 180 Å². The molecule has 0 spiro atoms. The van der Waals surface area contributed by atoms with Crippen molar-refractivity contribution in [1.82, 2.24) is 10.6 Å². The fraction of sp³-hybridized carbons (Fsp3) is 0.393. The van der Waals surface area contributed by atoms with Crippen molar-refractivity contribution in [1.29, 1.82) is 0 Å². The number of nitrogens with one attached hydrogen (secondary N) is 2. The van der Waals surface area contributed by atoms with E-state index in [9.17, 15) is 24.0 Å². The number of Topliss-reactive ketones (excluding diaryl/α,β-unsaturated/α-hetero) is 1. The van der Waals surface area contributed by atoms with E-state index in [-0.39, 0.29) is 26.1 Å².